The van der Waals surface area contributed by atoms with E-state index in [1.54, 1.807) is 6.07 Å². The van der Waals surface area contributed by atoms with Crippen LogP contribution in [0.15, 0.2) is 17.1 Å². The van der Waals surface area contributed by atoms with Crippen molar-refractivity contribution >= 4 is 46.7 Å². The molecule has 1 atom stereocenters. The van der Waals surface area contributed by atoms with Gasteiger partial charge in [0.2, 0.25) is 5.96 Å². The second-order valence-corrected chi connectivity index (χ2v) is 5.56. The van der Waals surface area contributed by atoms with Gasteiger partial charge in [-0.15, -0.1) is 0 Å². The predicted octanol–water partition coefficient (Wildman–Crippen LogP) is 1.67. The lowest BCUT2D eigenvalue weighted by molar-refractivity contribution is -0.202. The van der Waals surface area contributed by atoms with Crippen LogP contribution in [0.2, 0.25) is 10.0 Å². The van der Waals surface area contributed by atoms with Crippen molar-refractivity contribution in [2.24, 2.45) is 4.99 Å². The van der Waals surface area contributed by atoms with E-state index in [1.165, 1.54) is 6.07 Å². The number of hydrogen-bond donors (Lipinski definition) is 3. The zero-order chi connectivity index (χ0) is 18.8. The van der Waals surface area contributed by atoms with Crippen LogP contribution in [-0.4, -0.2) is 41.8 Å². The van der Waals surface area contributed by atoms with Gasteiger partial charge in [-0.1, -0.05) is 23.2 Å². The minimum Gasteiger partial charge on any atom is -0.456 e. The number of aliphatic hydroxyl groups excluding tert-OH is 1. The van der Waals surface area contributed by atoms with Crippen LogP contribution in [0.1, 0.15) is 5.56 Å². The first-order valence-electron chi connectivity index (χ1n) is 6.62. The molecule has 0 fully saturated rings. The lowest BCUT2D eigenvalue weighted by Crippen LogP contribution is -2.47. The summed E-state index contributed by atoms with van der Waals surface area (Å²) in [4.78, 5) is 26.3. The molecule has 1 aromatic carbocycles. The number of carbonyl (C=O) groups is 2. The van der Waals surface area contributed by atoms with Crippen molar-refractivity contribution in [1.82, 2.24) is 10.6 Å². The van der Waals surface area contributed by atoms with Gasteiger partial charge >= 0.3 is 12.1 Å². The third kappa shape index (κ3) is 4.74. The molecule has 1 aliphatic rings. The highest BCUT2D eigenvalue weighted by molar-refractivity contribution is 6.42. The summed E-state index contributed by atoms with van der Waals surface area (Å²) in [7, 11) is 0. The quantitative estimate of drug-likeness (QED) is 0.671. The molecule has 1 heterocycles. The zero-order valence-electron chi connectivity index (χ0n) is 12.2. The summed E-state index contributed by atoms with van der Waals surface area (Å²) in [6, 6.07) is 3.06. The van der Waals surface area contributed by atoms with Crippen molar-refractivity contribution in [2.45, 2.75) is 18.8 Å². The Kier molecular flexibility index (Phi) is 5.76. The molecule has 136 valence electrons. The monoisotopic (exact) mass is 399 g/mol. The van der Waals surface area contributed by atoms with Crippen LogP contribution < -0.4 is 10.6 Å². The van der Waals surface area contributed by atoms with Gasteiger partial charge in [-0.25, -0.2) is 9.79 Å². The maximum absolute atomic E-state index is 12.0. The lowest BCUT2D eigenvalue weighted by Gasteiger charge is -2.20. The molecule has 0 saturated heterocycles. The smallest absolute Gasteiger partial charge is 0.456 e. The largest absolute Gasteiger partial charge is 0.490 e. The van der Waals surface area contributed by atoms with Crippen LogP contribution in [0.3, 0.4) is 0 Å². The van der Waals surface area contributed by atoms with Crippen molar-refractivity contribution in [3.63, 3.8) is 0 Å². The first-order valence-corrected chi connectivity index (χ1v) is 7.37. The predicted molar refractivity (Wildman–Crippen MR) is 81.6 cm³/mol. The molecule has 0 spiro atoms. The van der Waals surface area contributed by atoms with Gasteiger partial charge < -0.3 is 15.2 Å². The fourth-order valence-electron chi connectivity index (χ4n) is 1.77. The van der Waals surface area contributed by atoms with E-state index in [0.717, 1.165) is 0 Å². The highest BCUT2D eigenvalue weighted by Gasteiger charge is 2.41. The molecule has 0 saturated carbocycles. The lowest BCUT2D eigenvalue weighted by atomic mass is 10.1. The summed E-state index contributed by atoms with van der Waals surface area (Å²) in [5.41, 5.74) is 1.01. The van der Waals surface area contributed by atoms with E-state index in [2.05, 4.69) is 20.4 Å². The van der Waals surface area contributed by atoms with E-state index in [9.17, 15) is 27.9 Å². The molecule has 0 bridgehead atoms. The van der Waals surface area contributed by atoms with E-state index in [-0.39, 0.29) is 12.5 Å². The Bertz CT molecular complexity index is 740. The van der Waals surface area contributed by atoms with Crippen molar-refractivity contribution in [2.75, 3.05) is 6.61 Å². The molecule has 7 nitrogen and oxygen atoms in total. The number of guanidine groups is 1. The molecule has 0 aliphatic carbocycles. The van der Waals surface area contributed by atoms with Gasteiger partial charge in [-0.05, 0) is 12.1 Å². The van der Waals surface area contributed by atoms with Crippen LogP contribution in [0, 0.1) is 0 Å². The number of benzene rings is 1. The van der Waals surface area contributed by atoms with Gasteiger partial charge in [0, 0.05) is 12.1 Å². The van der Waals surface area contributed by atoms with E-state index < -0.39 is 30.8 Å². The summed E-state index contributed by atoms with van der Waals surface area (Å²) in [6.07, 6.45) is -7.22. The molecule has 1 aromatic rings. The topological polar surface area (TPSA) is 100 Å². The van der Waals surface area contributed by atoms with Crippen LogP contribution in [0.25, 0.3) is 0 Å². The summed E-state index contributed by atoms with van der Waals surface area (Å²) >= 11 is 11.9. The van der Waals surface area contributed by atoms with Crippen LogP contribution in [-0.2, 0) is 20.9 Å². The summed E-state index contributed by atoms with van der Waals surface area (Å²) in [5, 5.41) is 14.9. The number of aliphatic hydroxyl groups is 1. The average Bonchev–Trinajstić information content (AvgIpc) is 2.54. The molecule has 0 aromatic heterocycles. The first kappa shape index (κ1) is 19.3. The van der Waals surface area contributed by atoms with Crippen molar-refractivity contribution in [3.8, 4) is 0 Å². The maximum atomic E-state index is 12.0. The van der Waals surface area contributed by atoms with Gasteiger partial charge in [0.15, 0.2) is 6.10 Å². The number of rotatable bonds is 3. The number of amides is 1. The Hall–Kier alpha value is -2.04. The average molecular weight is 400 g/mol. The normalized spacial score (nSPS) is 14.7. The van der Waals surface area contributed by atoms with Crippen LogP contribution in [0.5, 0.6) is 0 Å². The second-order valence-electron chi connectivity index (χ2n) is 4.77. The van der Waals surface area contributed by atoms with Gasteiger partial charge in [-0.2, -0.15) is 13.2 Å². The molecule has 2 rings (SSSR count). The van der Waals surface area contributed by atoms with E-state index in [1.807, 2.05) is 0 Å². The summed E-state index contributed by atoms with van der Waals surface area (Å²) in [5.74, 6) is -3.67. The number of halogens is 5. The first-order chi connectivity index (χ1) is 11.6. The number of nitrogens with zero attached hydrogens (tertiary/aromatic N) is 1. The Labute approximate surface area is 148 Å². The minimum absolute atomic E-state index is 0.0583. The maximum Gasteiger partial charge on any atom is 0.490 e. The van der Waals surface area contributed by atoms with Crippen molar-refractivity contribution in [1.29, 1.82) is 0 Å². The summed E-state index contributed by atoms with van der Waals surface area (Å²) in [6.45, 7) is -0.984. The standard InChI is InChI=1S/C13H10Cl2F3N3O4/c14-6-1-2-7-5(9(6)15)3-19-12(20-7)21-10(23)8(22)4-25-11(24)13(16,17)18/h1-2,8,22H,3-4H2,(H2,19,20,21,23). The molecule has 1 unspecified atom stereocenters. The fourth-order valence-corrected chi connectivity index (χ4v) is 2.18. The number of fused-ring (bicyclic) bond motifs is 1. The zero-order valence-corrected chi connectivity index (χ0v) is 13.7. The molecule has 3 N–H and O–H groups in total. The second kappa shape index (κ2) is 7.46. The molecule has 1 aliphatic heterocycles. The molecule has 12 heteroatoms. The van der Waals surface area contributed by atoms with E-state index in [0.29, 0.717) is 21.3 Å². The van der Waals surface area contributed by atoms with Gasteiger partial charge in [-0.3, -0.25) is 10.1 Å². The Balaban J connectivity index is 1.97. The molecule has 25 heavy (non-hydrogen) atoms. The number of alkyl halides is 3. The molecule has 0 radical (unpaired) electrons. The Morgan fingerprint density at radius 2 is 2.08 bits per heavy atom. The van der Waals surface area contributed by atoms with Crippen LogP contribution >= 0.6 is 23.2 Å². The third-order valence-electron chi connectivity index (χ3n) is 2.98. The minimum atomic E-state index is -5.21. The number of carbonyl (C=O) groups excluding carboxylic acids is 2. The summed E-state index contributed by atoms with van der Waals surface area (Å²) < 4.78 is 39.7. The number of hydrogen-bond acceptors (Lipinski definition) is 6. The fraction of sp³-hybridized carbons (Fsp3) is 0.308. The Morgan fingerprint density at radius 1 is 1.40 bits per heavy atom. The molecule has 1 amide bonds. The molecular weight excluding hydrogens is 390 g/mol. The van der Waals surface area contributed by atoms with E-state index in [4.69, 9.17) is 23.2 Å². The Morgan fingerprint density at radius 3 is 2.72 bits per heavy atom. The van der Waals surface area contributed by atoms with Gasteiger partial charge in [0.05, 0.1) is 15.7 Å². The SMILES string of the molecule is O=C(NC1=Nc2ccc(Cl)c(Cl)c2CN1)C(O)COC(=O)C(F)(F)F. The van der Waals surface area contributed by atoms with E-state index >= 15 is 0 Å². The highest BCUT2D eigenvalue weighted by atomic mass is 35.5. The number of esters is 1. The van der Waals surface area contributed by atoms with Crippen LogP contribution in [0.4, 0.5) is 18.9 Å². The van der Waals surface area contributed by atoms with Gasteiger partial charge in [0.25, 0.3) is 5.91 Å². The number of nitrogens with one attached hydrogen (secondary N) is 2. The number of aliphatic imine (C=N–C) groups is 1. The number of ether oxygens (including phenoxy) is 1. The third-order valence-corrected chi connectivity index (χ3v) is 3.83. The van der Waals surface area contributed by atoms with Crippen molar-refractivity contribution < 1.29 is 32.6 Å². The molecular formula is C13H10Cl2F3N3O4. The highest BCUT2D eigenvalue weighted by Crippen LogP contribution is 2.34. The van der Waals surface area contributed by atoms with Crippen molar-refractivity contribution in [3.05, 3.63) is 27.7 Å². The van der Waals surface area contributed by atoms with Gasteiger partial charge in [0.1, 0.15) is 6.61 Å².